The maximum atomic E-state index is 14.3. The Kier molecular flexibility index (Phi) is 5.00. The maximum Gasteiger partial charge on any atom is 0.237 e. The molecule has 1 aliphatic heterocycles. The Labute approximate surface area is 166 Å². The number of fused-ring (bicyclic) bond motifs is 2. The van der Waals surface area contributed by atoms with Crippen LogP contribution in [0, 0.1) is 11.7 Å². The molecule has 0 bridgehead atoms. The van der Waals surface area contributed by atoms with Gasteiger partial charge >= 0.3 is 0 Å². The summed E-state index contributed by atoms with van der Waals surface area (Å²) < 4.78 is 14.3. The molecule has 0 spiro atoms. The van der Waals surface area contributed by atoms with Gasteiger partial charge in [-0.25, -0.2) is 4.39 Å². The van der Waals surface area contributed by atoms with Crippen LogP contribution in [0.1, 0.15) is 24.8 Å². The number of rotatable bonds is 3. The summed E-state index contributed by atoms with van der Waals surface area (Å²) in [4.78, 5) is 29.6. The van der Waals surface area contributed by atoms with Crippen LogP contribution >= 0.6 is 15.9 Å². The highest BCUT2D eigenvalue weighted by molar-refractivity contribution is 9.09. The summed E-state index contributed by atoms with van der Waals surface area (Å²) in [5, 5.41) is 0.200. The van der Waals surface area contributed by atoms with E-state index in [1.807, 2.05) is 24.3 Å². The van der Waals surface area contributed by atoms with Crippen LogP contribution in [-0.2, 0) is 16.1 Å². The van der Waals surface area contributed by atoms with Crippen molar-refractivity contribution in [1.82, 2.24) is 0 Å². The Bertz CT molecular complexity index is 888. The fourth-order valence-corrected chi connectivity index (χ4v) is 4.55. The Morgan fingerprint density at radius 1 is 1.07 bits per heavy atom. The molecule has 2 aromatic rings. The molecule has 27 heavy (non-hydrogen) atoms. The second kappa shape index (κ2) is 7.43. The number of alkyl halides is 1. The molecule has 0 N–H and O–H groups in total. The summed E-state index contributed by atoms with van der Waals surface area (Å²) in [5.74, 6) is -0.673. The van der Waals surface area contributed by atoms with Gasteiger partial charge in [0.2, 0.25) is 11.8 Å². The molecule has 6 heteroatoms. The fourth-order valence-electron chi connectivity index (χ4n) is 4.27. The van der Waals surface area contributed by atoms with Gasteiger partial charge in [0, 0.05) is 11.6 Å². The van der Waals surface area contributed by atoms with Crippen molar-refractivity contribution in [3.05, 3.63) is 59.9 Å². The molecule has 0 saturated heterocycles. The lowest BCUT2D eigenvalue weighted by Gasteiger charge is -2.30. The molecule has 1 saturated carbocycles. The molecule has 2 atom stereocenters. The van der Waals surface area contributed by atoms with Crippen LogP contribution in [0.4, 0.5) is 15.8 Å². The average molecular weight is 431 g/mol. The third kappa shape index (κ3) is 3.16. The number of hydrogen-bond donors (Lipinski definition) is 0. The number of benzene rings is 2. The van der Waals surface area contributed by atoms with Crippen LogP contribution < -0.4 is 9.80 Å². The molecule has 2 amide bonds. The zero-order valence-corrected chi connectivity index (χ0v) is 16.4. The van der Waals surface area contributed by atoms with Gasteiger partial charge in [0.05, 0.1) is 29.2 Å². The van der Waals surface area contributed by atoms with Crippen molar-refractivity contribution in [3.63, 3.8) is 0 Å². The van der Waals surface area contributed by atoms with Gasteiger partial charge in [0.25, 0.3) is 0 Å². The van der Waals surface area contributed by atoms with Crippen LogP contribution in [0.15, 0.2) is 48.5 Å². The average Bonchev–Trinajstić information content (AvgIpc) is 3.13. The van der Waals surface area contributed by atoms with Crippen molar-refractivity contribution >= 4 is 39.1 Å². The number of para-hydroxylation sites is 2. The summed E-state index contributed by atoms with van der Waals surface area (Å²) in [6.07, 6.45) is 2.46. The predicted molar refractivity (Wildman–Crippen MR) is 106 cm³/mol. The number of carbonyl (C=O) groups is 2. The molecule has 1 aliphatic carbocycles. The summed E-state index contributed by atoms with van der Waals surface area (Å²) in [7, 11) is 0. The minimum Gasteiger partial charge on any atom is -0.306 e. The van der Waals surface area contributed by atoms with Crippen LogP contribution in [0.5, 0.6) is 0 Å². The molecule has 0 radical (unpaired) electrons. The molecule has 0 aromatic heterocycles. The van der Waals surface area contributed by atoms with E-state index < -0.39 is 0 Å². The van der Waals surface area contributed by atoms with Gasteiger partial charge in [0.1, 0.15) is 5.82 Å². The normalized spacial score (nSPS) is 21.6. The molecule has 4 rings (SSSR count). The monoisotopic (exact) mass is 430 g/mol. The van der Waals surface area contributed by atoms with E-state index in [0.717, 1.165) is 24.9 Å². The first-order valence-corrected chi connectivity index (χ1v) is 10.3. The van der Waals surface area contributed by atoms with Crippen molar-refractivity contribution < 1.29 is 14.0 Å². The largest absolute Gasteiger partial charge is 0.306 e. The summed E-state index contributed by atoms with van der Waals surface area (Å²) >= 11 is 3.28. The lowest BCUT2D eigenvalue weighted by molar-refractivity contribution is -0.122. The van der Waals surface area contributed by atoms with Crippen molar-refractivity contribution in [2.75, 3.05) is 15.1 Å². The second-order valence-corrected chi connectivity index (χ2v) is 7.57. The topological polar surface area (TPSA) is 40.6 Å². The number of anilines is 2. The highest BCUT2D eigenvalue weighted by atomic mass is 79.9. The molecule has 4 nitrogen and oxygen atoms in total. The molecule has 0 unspecified atom stereocenters. The van der Waals surface area contributed by atoms with Gasteiger partial charge in [-0.3, -0.25) is 9.59 Å². The molecule has 1 fully saturated rings. The van der Waals surface area contributed by atoms with Crippen molar-refractivity contribution in [2.24, 2.45) is 5.92 Å². The smallest absolute Gasteiger partial charge is 0.237 e. The standard InChI is InChI=1S/C21H20BrFN2O2/c22-12-20(26)25-17-11-5-7-15(17)21(27)24(18-9-3-4-10-19(18)25)13-14-6-1-2-8-16(14)23/h1-4,6,8-10,15,17H,5,7,11-13H2/t15-,17+/m0/s1. The van der Waals surface area contributed by atoms with Gasteiger partial charge < -0.3 is 9.80 Å². The van der Waals surface area contributed by atoms with Gasteiger partial charge in [0.15, 0.2) is 0 Å². The van der Waals surface area contributed by atoms with E-state index in [2.05, 4.69) is 15.9 Å². The van der Waals surface area contributed by atoms with E-state index >= 15 is 0 Å². The van der Waals surface area contributed by atoms with Gasteiger partial charge in [-0.05, 0) is 31.0 Å². The Balaban J connectivity index is 1.84. The molecular formula is C21H20BrFN2O2. The van der Waals surface area contributed by atoms with Crippen LogP contribution in [0.3, 0.4) is 0 Å². The number of halogens is 2. The highest BCUT2D eigenvalue weighted by Gasteiger charge is 2.45. The zero-order valence-electron chi connectivity index (χ0n) is 14.8. The molecule has 1 heterocycles. The summed E-state index contributed by atoms with van der Waals surface area (Å²) in [6, 6.07) is 13.8. The van der Waals surface area contributed by atoms with E-state index in [0.29, 0.717) is 11.3 Å². The third-order valence-electron chi connectivity index (χ3n) is 5.50. The third-order valence-corrected chi connectivity index (χ3v) is 5.98. The Hall–Kier alpha value is -2.21. The zero-order chi connectivity index (χ0) is 19.0. The molecular weight excluding hydrogens is 411 g/mol. The van der Waals surface area contributed by atoms with E-state index in [-0.39, 0.29) is 41.5 Å². The number of carbonyl (C=O) groups excluding carboxylic acids is 2. The Morgan fingerprint density at radius 3 is 2.52 bits per heavy atom. The minimum absolute atomic E-state index is 0.0296. The fraction of sp³-hybridized carbons (Fsp3) is 0.333. The van der Waals surface area contributed by atoms with Gasteiger partial charge in [-0.1, -0.05) is 52.7 Å². The summed E-state index contributed by atoms with van der Waals surface area (Å²) in [6.45, 7) is 0.155. The molecule has 2 aromatic carbocycles. The summed E-state index contributed by atoms with van der Waals surface area (Å²) in [5.41, 5.74) is 1.85. The first kappa shape index (κ1) is 18.2. The van der Waals surface area contributed by atoms with E-state index in [1.54, 1.807) is 28.0 Å². The van der Waals surface area contributed by atoms with Crippen LogP contribution in [0.25, 0.3) is 0 Å². The Morgan fingerprint density at radius 2 is 1.78 bits per heavy atom. The second-order valence-electron chi connectivity index (χ2n) is 7.01. The lowest BCUT2D eigenvalue weighted by atomic mass is 10.0. The van der Waals surface area contributed by atoms with Crippen LogP contribution in [-0.4, -0.2) is 23.2 Å². The predicted octanol–water partition coefficient (Wildman–Crippen LogP) is 4.27. The highest BCUT2D eigenvalue weighted by Crippen LogP contribution is 2.43. The van der Waals surface area contributed by atoms with Crippen LogP contribution in [0.2, 0.25) is 0 Å². The quantitative estimate of drug-likeness (QED) is 0.682. The molecule has 140 valence electrons. The van der Waals surface area contributed by atoms with E-state index in [4.69, 9.17) is 0 Å². The lowest BCUT2D eigenvalue weighted by Crippen LogP contribution is -2.45. The number of hydrogen-bond acceptors (Lipinski definition) is 2. The van der Waals surface area contributed by atoms with Crippen molar-refractivity contribution in [2.45, 2.75) is 31.8 Å². The SMILES string of the molecule is O=C1[C@H]2CCC[C@H]2N(C(=O)CBr)c2ccccc2N1Cc1ccccc1F. The van der Waals surface area contributed by atoms with E-state index in [9.17, 15) is 14.0 Å². The van der Waals surface area contributed by atoms with Crippen molar-refractivity contribution in [1.29, 1.82) is 0 Å². The van der Waals surface area contributed by atoms with Gasteiger partial charge in [-0.15, -0.1) is 0 Å². The van der Waals surface area contributed by atoms with E-state index in [1.165, 1.54) is 6.07 Å². The maximum absolute atomic E-state index is 14.3. The first-order valence-electron chi connectivity index (χ1n) is 9.13. The molecule has 2 aliphatic rings. The first-order chi connectivity index (χ1) is 13.1. The van der Waals surface area contributed by atoms with Gasteiger partial charge in [-0.2, -0.15) is 0 Å². The minimum atomic E-state index is -0.330. The number of nitrogens with zero attached hydrogens (tertiary/aromatic N) is 2. The number of amides is 2. The van der Waals surface area contributed by atoms with Crippen molar-refractivity contribution in [3.8, 4) is 0 Å².